The summed E-state index contributed by atoms with van der Waals surface area (Å²) in [4.78, 5) is 2.29. The maximum absolute atomic E-state index is 6.20. The van der Waals surface area contributed by atoms with Gasteiger partial charge in [0.15, 0.2) is 0 Å². The Balaban J connectivity index is 2.34. The fraction of sp³-hybridized carbons (Fsp3) is 0.538. The first-order chi connectivity index (χ1) is 8.09. The molecule has 1 aromatic rings. The summed E-state index contributed by atoms with van der Waals surface area (Å²) in [5, 5.41) is 0.651. The maximum atomic E-state index is 6.20. The van der Waals surface area contributed by atoms with Gasteiger partial charge < -0.3 is 15.4 Å². The number of hydrogen-bond acceptors (Lipinski definition) is 3. The minimum atomic E-state index is 0.383. The Morgan fingerprint density at radius 2 is 1.94 bits per heavy atom. The van der Waals surface area contributed by atoms with E-state index in [2.05, 4.69) is 24.8 Å². The Hall–Kier alpha value is -0.930. The fourth-order valence-electron chi connectivity index (χ4n) is 2.11. The van der Waals surface area contributed by atoms with Crippen LogP contribution >= 0.6 is 11.6 Å². The number of nitrogens with two attached hydrogens (primary N) is 1. The second kappa shape index (κ2) is 5.15. The summed E-state index contributed by atoms with van der Waals surface area (Å²) >= 11 is 6.20. The molecule has 1 aliphatic rings. The van der Waals surface area contributed by atoms with E-state index in [9.17, 15) is 0 Å². The molecule has 1 aromatic carbocycles. The van der Waals surface area contributed by atoms with E-state index >= 15 is 0 Å². The topological polar surface area (TPSA) is 38.5 Å². The predicted molar refractivity (Wildman–Crippen MR) is 73.0 cm³/mol. The van der Waals surface area contributed by atoms with Crippen molar-refractivity contribution in [2.45, 2.75) is 19.8 Å². The normalized spacial score (nSPS) is 16.6. The predicted octanol–water partition coefficient (Wildman–Crippen LogP) is 2.88. The zero-order chi connectivity index (χ0) is 12.4. The van der Waals surface area contributed by atoms with Crippen molar-refractivity contribution in [2.24, 2.45) is 0 Å². The number of rotatable bonds is 2. The van der Waals surface area contributed by atoms with Crippen LogP contribution < -0.4 is 10.6 Å². The number of nitrogen functional groups attached to an aromatic ring is 1. The third-order valence-corrected chi connectivity index (χ3v) is 3.46. The maximum Gasteiger partial charge on any atom is 0.0658 e. The molecular weight excluding hydrogens is 236 g/mol. The van der Waals surface area contributed by atoms with Crippen molar-refractivity contribution in [3.05, 3.63) is 22.7 Å². The van der Waals surface area contributed by atoms with Crippen molar-refractivity contribution >= 4 is 23.0 Å². The Morgan fingerprint density at radius 1 is 1.29 bits per heavy atom. The molecule has 0 unspecified atom stereocenters. The number of nitrogens with zero attached hydrogens (tertiary/aromatic N) is 1. The molecular formula is C13H19ClN2O. The van der Waals surface area contributed by atoms with E-state index < -0.39 is 0 Å². The molecule has 0 aromatic heterocycles. The first-order valence-corrected chi connectivity index (χ1v) is 6.39. The molecule has 17 heavy (non-hydrogen) atoms. The van der Waals surface area contributed by atoms with Gasteiger partial charge in [0.05, 0.1) is 23.9 Å². The van der Waals surface area contributed by atoms with Crippen LogP contribution in [0.25, 0.3) is 0 Å². The first kappa shape index (κ1) is 12.5. The number of halogens is 1. The second-order valence-electron chi connectivity index (χ2n) is 4.68. The highest BCUT2D eigenvalue weighted by Gasteiger charge is 2.15. The Labute approximate surface area is 107 Å². The van der Waals surface area contributed by atoms with E-state index in [1.807, 2.05) is 6.07 Å². The molecule has 1 aliphatic heterocycles. The van der Waals surface area contributed by atoms with Crippen LogP contribution in [0.3, 0.4) is 0 Å². The number of anilines is 2. The van der Waals surface area contributed by atoms with Crippen molar-refractivity contribution in [1.29, 1.82) is 0 Å². The largest absolute Gasteiger partial charge is 0.397 e. The van der Waals surface area contributed by atoms with Crippen molar-refractivity contribution in [2.75, 3.05) is 36.9 Å². The quantitative estimate of drug-likeness (QED) is 0.825. The van der Waals surface area contributed by atoms with E-state index in [1.165, 1.54) is 0 Å². The molecule has 0 bridgehead atoms. The molecule has 0 radical (unpaired) electrons. The zero-order valence-electron chi connectivity index (χ0n) is 10.4. The molecule has 1 heterocycles. The molecule has 2 N–H and O–H groups in total. The summed E-state index contributed by atoms with van der Waals surface area (Å²) in [6.45, 7) is 7.64. The van der Waals surface area contributed by atoms with Crippen molar-refractivity contribution in [3.8, 4) is 0 Å². The van der Waals surface area contributed by atoms with Crippen molar-refractivity contribution in [3.63, 3.8) is 0 Å². The van der Waals surface area contributed by atoms with Crippen LogP contribution in [0, 0.1) is 0 Å². The van der Waals surface area contributed by atoms with Gasteiger partial charge in [-0.1, -0.05) is 25.4 Å². The van der Waals surface area contributed by atoms with Crippen LogP contribution in [0.5, 0.6) is 0 Å². The Bertz CT molecular complexity index is 401. The van der Waals surface area contributed by atoms with E-state index in [-0.39, 0.29) is 0 Å². The van der Waals surface area contributed by atoms with E-state index in [4.69, 9.17) is 22.1 Å². The molecule has 94 valence electrons. The molecule has 1 saturated heterocycles. The Morgan fingerprint density at radius 3 is 2.53 bits per heavy atom. The lowest BCUT2D eigenvalue weighted by molar-refractivity contribution is 0.122. The third kappa shape index (κ3) is 2.67. The van der Waals surface area contributed by atoms with Gasteiger partial charge in [0.2, 0.25) is 0 Å². The van der Waals surface area contributed by atoms with E-state index in [0.29, 0.717) is 16.6 Å². The third-order valence-electron chi connectivity index (χ3n) is 3.14. The number of ether oxygens (including phenoxy) is 1. The summed E-state index contributed by atoms with van der Waals surface area (Å²) in [5.41, 5.74) is 8.99. The van der Waals surface area contributed by atoms with Crippen molar-refractivity contribution in [1.82, 2.24) is 0 Å². The Kier molecular flexibility index (Phi) is 3.79. The van der Waals surface area contributed by atoms with Gasteiger partial charge in [0, 0.05) is 18.8 Å². The van der Waals surface area contributed by atoms with Crippen LogP contribution in [0.4, 0.5) is 11.4 Å². The average Bonchev–Trinajstić information content (AvgIpc) is 2.33. The summed E-state index contributed by atoms with van der Waals surface area (Å²) in [6, 6.07) is 4.10. The number of hydrogen-bond donors (Lipinski definition) is 1. The molecule has 0 aliphatic carbocycles. The van der Waals surface area contributed by atoms with Gasteiger partial charge in [0.25, 0.3) is 0 Å². The molecule has 0 spiro atoms. The van der Waals surface area contributed by atoms with Gasteiger partial charge >= 0.3 is 0 Å². The van der Waals surface area contributed by atoms with Crippen LogP contribution in [0.1, 0.15) is 25.3 Å². The molecule has 4 heteroatoms. The minimum absolute atomic E-state index is 0.383. The van der Waals surface area contributed by atoms with E-state index in [1.54, 1.807) is 0 Å². The van der Waals surface area contributed by atoms with E-state index in [0.717, 1.165) is 37.6 Å². The summed E-state index contributed by atoms with van der Waals surface area (Å²) in [6.07, 6.45) is 0. The average molecular weight is 255 g/mol. The van der Waals surface area contributed by atoms with Crippen LogP contribution in [0.2, 0.25) is 5.02 Å². The molecule has 0 saturated carbocycles. The highest BCUT2D eigenvalue weighted by atomic mass is 35.5. The molecule has 1 fully saturated rings. The highest BCUT2D eigenvalue weighted by molar-refractivity contribution is 6.33. The highest BCUT2D eigenvalue weighted by Crippen LogP contribution is 2.33. The number of benzene rings is 1. The minimum Gasteiger partial charge on any atom is -0.397 e. The lowest BCUT2D eigenvalue weighted by Crippen LogP contribution is -2.36. The van der Waals surface area contributed by atoms with Crippen LogP contribution in [0.15, 0.2) is 12.1 Å². The number of morpholine rings is 1. The van der Waals surface area contributed by atoms with Gasteiger partial charge in [-0.2, -0.15) is 0 Å². The fourth-order valence-corrected chi connectivity index (χ4v) is 2.33. The molecule has 3 nitrogen and oxygen atoms in total. The molecule has 0 amide bonds. The second-order valence-corrected chi connectivity index (χ2v) is 5.09. The van der Waals surface area contributed by atoms with Gasteiger partial charge in [-0.15, -0.1) is 0 Å². The smallest absolute Gasteiger partial charge is 0.0658 e. The molecule has 0 atom stereocenters. The molecule has 2 rings (SSSR count). The van der Waals surface area contributed by atoms with Gasteiger partial charge in [-0.05, 0) is 23.6 Å². The first-order valence-electron chi connectivity index (χ1n) is 6.01. The lowest BCUT2D eigenvalue weighted by Gasteiger charge is -2.30. The van der Waals surface area contributed by atoms with Gasteiger partial charge in [-0.25, -0.2) is 0 Å². The van der Waals surface area contributed by atoms with Gasteiger partial charge in [0.1, 0.15) is 0 Å². The standard InChI is InChI=1S/C13H19ClN2O/c1-9(2)11-7-10(8-12(14)13(11)15)16-3-5-17-6-4-16/h7-9H,3-6,15H2,1-2H3. The monoisotopic (exact) mass is 254 g/mol. The summed E-state index contributed by atoms with van der Waals surface area (Å²) in [7, 11) is 0. The van der Waals surface area contributed by atoms with Gasteiger partial charge in [-0.3, -0.25) is 0 Å². The summed E-state index contributed by atoms with van der Waals surface area (Å²) < 4.78 is 5.35. The SMILES string of the molecule is CC(C)c1cc(N2CCOCC2)cc(Cl)c1N. The van der Waals surface area contributed by atoms with Crippen LogP contribution in [-0.2, 0) is 4.74 Å². The van der Waals surface area contributed by atoms with Crippen molar-refractivity contribution < 1.29 is 4.74 Å². The summed E-state index contributed by atoms with van der Waals surface area (Å²) in [5.74, 6) is 0.383. The lowest BCUT2D eigenvalue weighted by atomic mass is 10.00. The van der Waals surface area contributed by atoms with Crippen LogP contribution in [-0.4, -0.2) is 26.3 Å². The zero-order valence-corrected chi connectivity index (χ0v) is 11.1.